The Balaban J connectivity index is 2.00. The molecule has 1 heterocycles. The van der Waals surface area contributed by atoms with Gasteiger partial charge in [0.15, 0.2) is 5.75 Å². The Morgan fingerprint density at radius 3 is 2.59 bits per heavy atom. The first-order valence-corrected chi connectivity index (χ1v) is 9.12. The second-order valence-electron chi connectivity index (χ2n) is 6.13. The highest BCUT2D eigenvalue weighted by molar-refractivity contribution is 7.21. The van der Waals surface area contributed by atoms with Crippen LogP contribution in [0.1, 0.15) is 33.9 Å². The number of hydrogen-bond donors (Lipinski definition) is 2. The molecule has 0 aliphatic carbocycles. The van der Waals surface area contributed by atoms with Crippen LogP contribution in [0, 0.1) is 0 Å². The molecule has 0 unspecified atom stereocenters. The van der Waals surface area contributed by atoms with Crippen molar-refractivity contribution in [1.29, 1.82) is 0 Å². The van der Waals surface area contributed by atoms with Crippen molar-refractivity contribution in [1.82, 2.24) is 0 Å². The molecular weight excluding hydrogens is 366 g/mol. The normalized spacial score (nSPS) is 10.8. The van der Waals surface area contributed by atoms with Gasteiger partial charge in [-0.3, -0.25) is 4.79 Å². The number of amides is 1. The summed E-state index contributed by atoms with van der Waals surface area (Å²) in [5, 5.41) is 12.7. The van der Waals surface area contributed by atoms with Gasteiger partial charge in [-0.2, -0.15) is 0 Å². The number of fused-ring (bicyclic) bond motifs is 1. The van der Waals surface area contributed by atoms with Crippen LogP contribution >= 0.6 is 11.3 Å². The molecule has 0 aliphatic rings. The zero-order valence-corrected chi connectivity index (χ0v) is 15.9. The van der Waals surface area contributed by atoms with Crippen LogP contribution in [0.15, 0.2) is 42.5 Å². The molecular formula is C20H19NO5S. The van der Waals surface area contributed by atoms with Crippen molar-refractivity contribution >= 4 is 39.0 Å². The summed E-state index contributed by atoms with van der Waals surface area (Å²) in [6.45, 7) is 3.78. The average Bonchev–Trinajstić information content (AvgIpc) is 2.99. The number of benzene rings is 2. The van der Waals surface area contributed by atoms with E-state index in [-0.39, 0.29) is 17.6 Å². The topological polar surface area (TPSA) is 84.9 Å². The number of rotatable bonds is 6. The smallest absolute Gasteiger partial charge is 0.335 e. The number of carboxylic acid groups (broad SMARTS) is 1. The summed E-state index contributed by atoms with van der Waals surface area (Å²) >= 11 is 1.31. The minimum atomic E-state index is -1.05. The minimum absolute atomic E-state index is 0.104. The lowest BCUT2D eigenvalue weighted by atomic mass is 10.2. The fourth-order valence-electron chi connectivity index (χ4n) is 2.60. The van der Waals surface area contributed by atoms with Gasteiger partial charge in [0, 0.05) is 15.8 Å². The first-order chi connectivity index (χ1) is 12.9. The van der Waals surface area contributed by atoms with Gasteiger partial charge in [-0.05, 0) is 50.2 Å². The molecule has 1 amide bonds. The van der Waals surface area contributed by atoms with Gasteiger partial charge in [0.1, 0.15) is 10.6 Å². The van der Waals surface area contributed by atoms with Gasteiger partial charge >= 0.3 is 5.97 Å². The van der Waals surface area contributed by atoms with Crippen LogP contribution < -0.4 is 14.8 Å². The lowest BCUT2D eigenvalue weighted by Gasteiger charge is -2.12. The van der Waals surface area contributed by atoms with E-state index in [2.05, 4.69) is 5.32 Å². The van der Waals surface area contributed by atoms with Crippen molar-refractivity contribution in [3.63, 3.8) is 0 Å². The third-order valence-electron chi connectivity index (χ3n) is 3.78. The number of methoxy groups -OCH3 is 1. The molecule has 2 aromatic carbocycles. The van der Waals surface area contributed by atoms with E-state index in [0.717, 1.165) is 10.1 Å². The predicted molar refractivity (Wildman–Crippen MR) is 105 cm³/mol. The van der Waals surface area contributed by atoms with E-state index in [4.69, 9.17) is 14.6 Å². The molecule has 0 bridgehead atoms. The Kier molecular flexibility index (Phi) is 5.32. The number of ether oxygens (including phenoxy) is 2. The maximum atomic E-state index is 12.9. The van der Waals surface area contributed by atoms with E-state index in [9.17, 15) is 9.59 Å². The zero-order chi connectivity index (χ0) is 19.6. The SMILES string of the molecule is COc1ccc2sc(C(=O)Nc3cccc(C(=O)O)c3)c(OC(C)C)c2c1. The Morgan fingerprint density at radius 2 is 1.93 bits per heavy atom. The zero-order valence-electron chi connectivity index (χ0n) is 15.1. The average molecular weight is 385 g/mol. The highest BCUT2D eigenvalue weighted by Gasteiger charge is 2.22. The Morgan fingerprint density at radius 1 is 1.15 bits per heavy atom. The van der Waals surface area contributed by atoms with Gasteiger partial charge in [0.25, 0.3) is 5.91 Å². The number of thiophene rings is 1. The molecule has 0 aliphatic heterocycles. The van der Waals surface area contributed by atoms with Crippen LogP contribution in [0.5, 0.6) is 11.5 Å². The maximum absolute atomic E-state index is 12.9. The van der Waals surface area contributed by atoms with Crippen LogP contribution in [0.4, 0.5) is 5.69 Å². The fraction of sp³-hybridized carbons (Fsp3) is 0.200. The van der Waals surface area contributed by atoms with Gasteiger partial charge < -0.3 is 19.9 Å². The summed E-state index contributed by atoms with van der Waals surface area (Å²) in [7, 11) is 1.58. The molecule has 0 radical (unpaired) electrons. The number of hydrogen-bond acceptors (Lipinski definition) is 5. The van der Waals surface area contributed by atoms with E-state index in [1.54, 1.807) is 19.2 Å². The van der Waals surface area contributed by atoms with Gasteiger partial charge in [0.05, 0.1) is 18.8 Å². The van der Waals surface area contributed by atoms with Crippen molar-refractivity contribution in [2.45, 2.75) is 20.0 Å². The second-order valence-corrected chi connectivity index (χ2v) is 7.18. The van der Waals surface area contributed by atoms with Crippen LogP contribution in [-0.4, -0.2) is 30.2 Å². The molecule has 1 aromatic heterocycles. The molecule has 0 fully saturated rings. The number of anilines is 1. The molecule has 0 spiro atoms. The number of carbonyl (C=O) groups excluding carboxylic acids is 1. The molecule has 2 N–H and O–H groups in total. The Labute approximate surface area is 160 Å². The largest absolute Gasteiger partial charge is 0.497 e. The molecule has 6 nitrogen and oxygen atoms in total. The maximum Gasteiger partial charge on any atom is 0.335 e. The number of nitrogens with one attached hydrogen (secondary N) is 1. The molecule has 3 aromatic rings. The van der Waals surface area contributed by atoms with E-state index in [1.165, 1.54) is 23.5 Å². The van der Waals surface area contributed by atoms with Crippen LogP contribution in [0.3, 0.4) is 0 Å². The third-order valence-corrected chi connectivity index (χ3v) is 4.93. The van der Waals surface area contributed by atoms with E-state index < -0.39 is 5.97 Å². The van der Waals surface area contributed by atoms with Gasteiger partial charge in [-0.1, -0.05) is 6.07 Å². The summed E-state index contributed by atoms with van der Waals surface area (Å²) in [6, 6.07) is 11.7. The van der Waals surface area contributed by atoms with E-state index in [1.807, 2.05) is 32.0 Å². The molecule has 0 atom stereocenters. The molecule has 7 heteroatoms. The second kappa shape index (κ2) is 7.67. The minimum Gasteiger partial charge on any atom is -0.497 e. The van der Waals surface area contributed by atoms with E-state index >= 15 is 0 Å². The monoisotopic (exact) mass is 385 g/mol. The van der Waals surface area contributed by atoms with Crippen LogP contribution in [-0.2, 0) is 0 Å². The van der Waals surface area contributed by atoms with Crippen molar-refractivity contribution in [3.8, 4) is 11.5 Å². The lowest BCUT2D eigenvalue weighted by Crippen LogP contribution is -2.14. The molecule has 0 saturated heterocycles. The summed E-state index contributed by atoms with van der Waals surface area (Å²) in [5.41, 5.74) is 0.512. The van der Waals surface area contributed by atoms with Crippen molar-refractivity contribution in [2.24, 2.45) is 0 Å². The van der Waals surface area contributed by atoms with Gasteiger partial charge in [-0.15, -0.1) is 11.3 Å². The summed E-state index contributed by atoms with van der Waals surface area (Å²) in [6.07, 6.45) is -0.115. The van der Waals surface area contributed by atoms with Crippen LogP contribution in [0.25, 0.3) is 10.1 Å². The third kappa shape index (κ3) is 4.03. The molecule has 0 saturated carbocycles. The van der Waals surface area contributed by atoms with Crippen molar-refractivity contribution in [3.05, 3.63) is 52.9 Å². The van der Waals surface area contributed by atoms with Crippen molar-refractivity contribution in [2.75, 3.05) is 12.4 Å². The first kappa shape index (κ1) is 18.7. The lowest BCUT2D eigenvalue weighted by molar-refractivity contribution is 0.0696. The number of carbonyl (C=O) groups is 2. The first-order valence-electron chi connectivity index (χ1n) is 8.31. The Hall–Kier alpha value is -3.06. The summed E-state index contributed by atoms with van der Waals surface area (Å²) < 4.78 is 12.1. The van der Waals surface area contributed by atoms with Gasteiger partial charge in [-0.25, -0.2) is 4.79 Å². The predicted octanol–water partition coefficient (Wildman–Crippen LogP) is 4.65. The molecule has 3 rings (SSSR count). The highest BCUT2D eigenvalue weighted by Crippen LogP contribution is 2.40. The molecule has 27 heavy (non-hydrogen) atoms. The number of carboxylic acids is 1. The fourth-order valence-corrected chi connectivity index (χ4v) is 3.61. The Bertz CT molecular complexity index is 1010. The number of aromatic carboxylic acids is 1. The summed E-state index contributed by atoms with van der Waals surface area (Å²) in [5.74, 6) is -0.233. The molecule has 140 valence electrons. The van der Waals surface area contributed by atoms with Crippen molar-refractivity contribution < 1.29 is 24.2 Å². The van der Waals surface area contributed by atoms with E-state index in [0.29, 0.717) is 22.1 Å². The highest BCUT2D eigenvalue weighted by atomic mass is 32.1. The summed E-state index contributed by atoms with van der Waals surface area (Å²) in [4.78, 5) is 24.4. The standard InChI is InChI=1S/C20H19NO5S/c1-11(2)26-17-15-10-14(25-3)7-8-16(15)27-18(17)19(22)21-13-6-4-5-12(9-13)20(23)24/h4-11H,1-3H3,(H,21,22)(H,23,24). The van der Waals surface area contributed by atoms with Crippen LogP contribution in [0.2, 0.25) is 0 Å². The van der Waals surface area contributed by atoms with Gasteiger partial charge in [0.2, 0.25) is 0 Å². The quantitative estimate of drug-likeness (QED) is 0.645.